The van der Waals surface area contributed by atoms with E-state index in [9.17, 15) is 4.79 Å². The number of rotatable bonds is 5. The van der Waals surface area contributed by atoms with Crippen LogP contribution in [0.5, 0.6) is 0 Å². The molecule has 0 radical (unpaired) electrons. The molecule has 0 bridgehead atoms. The van der Waals surface area contributed by atoms with Crippen molar-refractivity contribution in [1.29, 1.82) is 0 Å². The molecule has 2 N–H and O–H groups in total. The first-order chi connectivity index (χ1) is 6.24. The predicted molar refractivity (Wildman–Crippen MR) is 51.3 cm³/mol. The predicted octanol–water partition coefficient (Wildman–Crippen LogP) is 0.993. The smallest absolute Gasteiger partial charge is 0.347 e. The lowest BCUT2D eigenvalue weighted by Gasteiger charge is -1.96. The summed E-state index contributed by atoms with van der Waals surface area (Å²) in [5, 5.41) is 12.7. The number of carboxylic acids is 1. The van der Waals surface area contributed by atoms with Crippen molar-refractivity contribution < 1.29 is 9.90 Å². The molecule has 1 aromatic heterocycles. The van der Waals surface area contributed by atoms with E-state index in [4.69, 9.17) is 5.11 Å². The van der Waals surface area contributed by atoms with Crippen LogP contribution in [0.2, 0.25) is 0 Å². The van der Waals surface area contributed by atoms with E-state index in [0.29, 0.717) is 4.88 Å². The van der Waals surface area contributed by atoms with Gasteiger partial charge >= 0.3 is 5.97 Å². The second-order valence-corrected chi connectivity index (χ2v) is 3.64. The Morgan fingerprint density at radius 2 is 2.54 bits per heavy atom. The zero-order chi connectivity index (χ0) is 9.68. The number of nitrogens with one attached hydrogen (secondary N) is 1. The van der Waals surface area contributed by atoms with Gasteiger partial charge in [-0.2, -0.15) is 0 Å². The maximum Gasteiger partial charge on any atom is 0.347 e. The van der Waals surface area contributed by atoms with E-state index < -0.39 is 5.97 Å². The average Bonchev–Trinajstić information content (AvgIpc) is 2.53. The van der Waals surface area contributed by atoms with E-state index in [0.717, 1.165) is 24.5 Å². The lowest BCUT2D eigenvalue weighted by molar-refractivity contribution is 0.0702. The SMILES string of the molecule is CCNCCc1ncc(C(=O)O)s1. The van der Waals surface area contributed by atoms with Gasteiger partial charge in [0, 0.05) is 13.0 Å². The van der Waals surface area contributed by atoms with E-state index in [1.165, 1.54) is 17.5 Å². The summed E-state index contributed by atoms with van der Waals surface area (Å²) in [6.07, 6.45) is 2.21. The second-order valence-electron chi connectivity index (χ2n) is 2.53. The Morgan fingerprint density at radius 1 is 1.77 bits per heavy atom. The fourth-order valence-corrected chi connectivity index (χ4v) is 1.65. The first-order valence-electron chi connectivity index (χ1n) is 4.12. The third-order valence-corrected chi connectivity index (χ3v) is 2.58. The number of hydrogen-bond acceptors (Lipinski definition) is 4. The van der Waals surface area contributed by atoms with Gasteiger partial charge in [0.1, 0.15) is 4.88 Å². The van der Waals surface area contributed by atoms with E-state index in [1.807, 2.05) is 6.92 Å². The summed E-state index contributed by atoms with van der Waals surface area (Å²) in [7, 11) is 0. The van der Waals surface area contributed by atoms with Crippen LogP contribution in [0.4, 0.5) is 0 Å². The van der Waals surface area contributed by atoms with Crippen molar-refractivity contribution in [2.24, 2.45) is 0 Å². The van der Waals surface area contributed by atoms with Gasteiger partial charge in [-0.25, -0.2) is 9.78 Å². The van der Waals surface area contributed by atoms with Gasteiger partial charge < -0.3 is 10.4 Å². The summed E-state index contributed by atoms with van der Waals surface area (Å²) >= 11 is 1.24. The number of likely N-dealkylation sites (N-methyl/N-ethyl adjacent to an activating group) is 1. The third-order valence-electron chi connectivity index (χ3n) is 1.53. The number of carbonyl (C=O) groups is 1. The largest absolute Gasteiger partial charge is 0.477 e. The molecule has 0 spiro atoms. The quantitative estimate of drug-likeness (QED) is 0.696. The van der Waals surface area contributed by atoms with Crippen LogP contribution in [-0.2, 0) is 6.42 Å². The topological polar surface area (TPSA) is 62.2 Å². The standard InChI is InChI=1S/C8H12N2O2S/c1-2-9-4-3-7-10-5-6(13-7)8(11)12/h5,9H,2-4H2,1H3,(H,11,12). The summed E-state index contributed by atoms with van der Waals surface area (Å²) in [6, 6.07) is 0. The van der Waals surface area contributed by atoms with Gasteiger partial charge in [-0.3, -0.25) is 0 Å². The van der Waals surface area contributed by atoms with Gasteiger partial charge in [-0.15, -0.1) is 11.3 Å². The molecule has 0 aromatic carbocycles. The number of aromatic carboxylic acids is 1. The molecule has 0 atom stereocenters. The van der Waals surface area contributed by atoms with Crippen LogP contribution in [0.25, 0.3) is 0 Å². The number of thiazole rings is 1. The first kappa shape index (κ1) is 10.1. The average molecular weight is 200 g/mol. The lowest BCUT2D eigenvalue weighted by Crippen LogP contribution is -2.15. The Morgan fingerprint density at radius 3 is 3.08 bits per heavy atom. The highest BCUT2D eigenvalue weighted by Crippen LogP contribution is 2.12. The highest BCUT2D eigenvalue weighted by Gasteiger charge is 2.07. The summed E-state index contributed by atoms with van der Waals surface area (Å²) < 4.78 is 0. The van der Waals surface area contributed by atoms with Gasteiger partial charge in [0.2, 0.25) is 0 Å². The molecular formula is C8H12N2O2S. The molecule has 13 heavy (non-hydrogen) atoms. The molecule has 0 unspecified atom stereocenters. The molecule has 0 fully saturated rings. The number of aromatic nitrogens is 1. The summed E-state index contributed by atoms with van der Waals surface area (Å²) in [5.41, 5.74) is 0. The van der Waals surface area contributed by atoms with Crippen LogP contribution in [-0.4, -0.2) is 29.1 Å². The molecule has 0 saturated heterocycles. The van der Waals surface area contributed by atoms with Crippen molar-refractivity contribution in [3.8, 4) is 0 Å². The van der Waals surface area contributed by atoms with E-state index in [2.05, 4.69) is 10.3 Å². The molecular weight excluding hydrogens is 188 g/mol. The van der Waals surface area contributed by atoms with Gasteiger partial charge in [0.25, 0.3) is 0 Å². The zero-order valence-electron chi connectivity index (χ0n) is 7.41. The molecule has 5 heteroatoms. The maximum atomic E-state index is 10.5. The van der Waals surface area contributed by atoms with Crippen LogP contribution < -0.4 is 5.32 Å². The minimum absolute atomic E-state index is 0.312. The van der Waals surface area contributed by atoms with Crippen LogP contribution in [0.1, 0.15) is 21.6 Å². The first-order valence-corrected chi connectivity index (χ1v) is 4.94. The molecule has 1 heterocycles. The van der Waals surface area contributed by atoms with E-state index >= 15 is 0 Å². The van der Waals surface area contributed by atoms with Crippen molar-refractivity contribution in [1.82, 2.24) is 10.3 Å². The third kappa shape index (κ3) is 3.12. The second kappa shape index (κ2) is 4.94. The van der Waals surface area contributed by atoms with Gasteiger partial charge in [-0.1, -0.05) is 6.92 Å². The van der Waals surface area contributed by atoms with Gasteiger partial charge in [-0.05, 0) is 6.54 Å². The van der Waals surface area contributed by atoms with Crippen molar-refractivity contribution >= 4 is 17.3 Å². The van der Waals surface area contributed by atoms with E-state index in [-0.39, 0.29) is 0 Å². The van der Waals surface area contributed by atoms with Crippen molar-refractivity contribution in [2.75, 3.05) is 13.1 Å². The fourth-order valence-electron chi connectivity index (χ4n) is 0.897. The molecule has 0 aliphatic rings. The van der Waals surface area contributed by atoms with Crippen molar-refractivity contribution in [3.05, 3.63) is 16.1 Å². The van der Waals surface area contributed by atoms with Crippen LogP contribution in [0, 0.1) is 0 Å². The minimum atomic E-state index is -0.896. The molecule has 0 amide bonds. The normalized spacial score (nSPS) is 10.2. The lowest BCUT2D eigenvalue weighted by atomic mass is 10.4. The van der Waals surface area contributed by atoms with Crippen molar-refractivity contribution in [3.63, 3.8) is 0 Å². The maximum absolute atomic E-state index is 10.5. The number of carboxylic acid groups (broad SMARTS) is 1. The van der Waals surface area contributed by atoms with Crippen LogP contribution >= 0.6 is 11.3 Å². The van der Waals surface area contributed by atoms with Gasteiger partial charge in [0.05, 0.1) is 11.2 Å². The molecule has 0 saturated carbocycles. The molecule has 1 aromatic rings. The highest BCUT2D eigenvalue weighted by molar-refractivity contribution is 7.13. The number of hydrogen-bond donors (Lipinski definition) is 2. The van der Waals surface area contributed by atoms with Crippen LogP contribution in [0.3, 0.4) is 0 Å². The summed E-state index contributed by atoms with van der Waals surface area (Å²) in [4.78, 5) is 14.8. The molecule has 4 nitrogen and oxygen atoms in total. The van der Waals surface area contributed by atoms with Crippen molar-refractivity contribution in [2.45, 2.75) is 13.3 Å². The molecule has 0 aliphatic carbocycles. The monoisotopic (exact) mass is 200 g/mol. The molecule has 72 valence electrons. The Labute approximate surface area is 80.6 Å². The Kier molecular flexibility index (Phi) is 3.85. The summed E-state index contributed by atoms with van der Waals surface area (Å²) in [5.74, 6) is -0.896. The Hall–Kier alpha value is -0.940. The fraction of sp³-hybridized carbons (Fsp3) is 0.500. The summed E-state index contributed by atoms with van der Waals surface area (Å²) in [6.45, 7) is 3.81. The zero-order valence-corrected chi connectivity index (χ0v) is 8.23. The van der Waals surface area contributed by atoms with Gasteiger partial charge in [0.15, 0.2) is 0 Å². The Bertz CT molecular complexity index is 285. The highest BCUT2D eigenvalue weighted by atomic mass is 32.1. The molecule has 1 rings (SSSR count). The molecule has 0 aliphatic heterocycles. The van der Waals surface area contributed by atoms with Crippen LogP contribution in [0.15, 0.2) is 6.20 Å². The Balaban J connectivity index is 2.44. The van der Waals surface area contributed by atoms with E-state index in [1.54, 1.807) is 0 Å². The minimum Gasteiger partial charge on any atom is -0.477 e. The number of nitrogens with zero attached hydrogens (tertiary/aromatic N) is 1.